The van der Waals surface area contributed by atoms with Crippen LogP contribution in [0.2, 0.25) is 0 Å². The largest absolute Gasteiger partial charge is 0.275 e. The van der Waals surface area contributed by atoms with Crippen LogP contribution in [0.3, 0.4) is 0 Å². The monoisotopic (exact) mass is 384 g/mol. The van der Waals surface area contributed by atoms with Crippen LogP contribution in [0.5, 0.6) is 0 Å². The molecule has 1 aromatic carbocycles. The van der Waals surface area contributed by atoms with Gasteiger partial charge in [0.2, 0.25) is 5.78 Å². The minimum absolute atomic E-state index is 0.0266. The van der Waals surface area contributed by atoms with Gasteiger partial charge in [-0.05, 0) is 29.9 Å². The van der Waals surface area contributed by atoms with Gasteiger partial charge in [0.25, 0.3) is 5.56 Å². The summed E-state index contributed by atoms with van der Waals surface area (Å²) in [5, 5.41) is 11.5. The Kier molecular flexibility index (Phi) is 4.58. The summed E-state index contributed by atoms with van der Waals surface area (Å²) in [6, 6.07) is 10.5. The molecular weight excluding hydrogens is 364 g/mol. The van der Waals surface area contributed by atoms with E-state index in [0.717, 1.165) is 21.1 Å². The second-order valence-electron chi connectivity index (χ2n) is 6.84. The minimum Gasteiger partial charge on any atom is -0.275 e. The van der Waals surface area contributed by atoms with Crippen LogP contribution in [0.25, 0.3) is 16.0 Å². The summed E-state index contributed by atoms with van der Waals surface area (Å²) in [5.41, 5.74) is 3.42. The van der Waals surface area contributed by atoms with Crippen LogP contribution in [-0.4, -0.2) is 19.2 Å². The zero-order valence-corrected chi connectivity index (χ0v) is 16.6. The first kappa shape index (κ1) is 17.3. The molecule has 0 spiro atoms. The molecule has 0 N–H and O–H groups in total. The van der Waals surface area contributed by atoms with E-state index in [-0.39, 0.29) is 5.56 Å². The van der Waals surface area contributed by atoms with Crippen LogP contribution >= 0.6 is 23.1 Å². The van der Waals surface area contributed by atoms with Crippen molar-refractivity contribution in [1.82, 2.24) is 19.2 Å². The molecular formula is C19H20N4OS2. The molecule has 0 saturated heterocycles. The number of nitrogens with zero attached hydrogens (tertiary/aromatic N) is 4. The molecule has 0 aliphatic carbocycles. The highest BCUT2D eigenvalue weighted by molar-refractivity contribution is 7.98. The summed E-state index contributed by atoms with van der Waals surface area (Å²) in [4.78, 5) is 12.8. The lowest BCUT2D eigenvalue weighted by Crippen LogP contribution is -2.24. The Morgan fingerprint density at radius 3 is 2.65 bits per heavy atom. The van der Waals surface area contributed by atoms with Crippen LogP contribution in [0.4, 0.5) is 0 Å². The van der Waals surface area contributed by atoms with Crippen molar-refractivity contribution < 1.29 is 0 Å². The van der Waals surface area contributed by atoms with Gasteiger partial charge in [0.1, 0.15) is 4.70 Å². The lowest BCUT2D eigenvalue weighted by atomic mass is 10.2. The minimum atomic E-state index is 0.0266. The molecule has 0 fully saturated rings. The maximum atomic E-state index is 12.8. The average Bonchev–Trinajstić information content (AvgIpc) is 3.24. The SMILES string of the molecule is Cc1ccc(CSc2nnc3n(CC(C)C)c(=O)c4sccc4n23)cc1. The van der Waals surface area contributed by atoms with Crippen LogP contribution in [-0.2, 0) is 12.3 Å². The lowest BCUT2D eigenvalue weighted by molar-refractivity contribution is 0.517. The molecule has 0 radical (unpaired) electrons. The van der Waals surface area contributed by atoms with Gasteiger partial charge in [0.05, 0.1) is 5.52 Å². The zero-order valence-electron chi connectivity index (χ0n) is 15.0. The third kappa shape index (κ3) is 3.05. The van der Waals surface area contributed by atoms with Crippen molar-refractivity contribution in [3.05, 3.63) is 57.2 Å². The van der Waals surface area contributed by atoms with Crippen LogP contribution in [0, 0.1) is 12.8 Å². The number of aromatic nitrogens is 4. The fraction of sp³-hybridized carbons (Fsp3) is 0.316. The van der Waals surface area contributed by atoms with Crippen LogP contribution in [0.1, 0.15) is 25.0 Å². The summed E-state index contributed by atoms with van der Waals surface area (Å²) in [5.74, 6) is 1.80. The molecule has 4 rings (SSSR count). The third-order valence-electron chi connectivity index (χ3n) is 4.22. The van der Waals surface area contributed by atoms with Crippen molar-refractivity contribution in [3.63, 3.8) is 0 Å². The van der Waals surface area contributed by atoms with E-state index in [1.165, 1.54) is 22.5 Å². The van der Waals surface area contributed by atoms with Gasteiger partial charge in [-0.3, -0.25) is 13.8 Å². The molecule has 0 aliphatic rings. The summed E-state index contributed by atoms with van der Waals surface area (Å²) in [7, 11) is 0. The Hall–Kier alpha value is -2.12. The van der Waals surface area contributed by atoms with Gasteiger partial charge in [-0.15, -0.1) is 21.5 Å². The molecule has 3 aromatic heterocycles. The molecule has 0 atom stereocenters. The second kappa shape index (κ2) is 6.89. The Balaban J connectivity index is 1.80. The highest BCUT2D eigenvalue weighted by Gasteiger charge is 2.18. The van der Waals surface area contributed by atoms with Gasteiger partial charge in [-0.1, -0.05) is 55.4 Å². The molecule has 3 heterocycles. The Morgan fingerprint density at radius 1 is 1.15 bits per heavy atom. The van der Waals surface area contributed by atoms with E-state index < -0.39 is 0 Å². The van der Waals surface area contributed by atoms with Crippen LogP contribution < -0.4 is 5.56 Å². The quantitative estimate of drug-likeness (QED) is 0.480. The Bertz CT molecular complexity index is 1120. The lowest BCUT2D eigenvalue weighted by Gasteiger charge is -2.11. The average molecular weight is 385 g/mol. The number of hydrogen-bond acceptors (Lipinski definition) is 5. The van der Waals surface area contributed by atoms with E-state index in [0.29, 0.717) is 18.2 Å². The second-order valence-corrected chi connectivity index (χ2v) is 8.70. The number of fused-ring (bicyclic) bond motifs is 3. The standard InChI is InChI=1S/C19H20N4OS2/c1-12(2)10-22-17(24)16-15(8-9-25-16)23-18(22)20-21-19(23)26-11-14-6-4-13(3)5-7-14/h4-9,12H,10-11H2,1-3H3. The van der Waals surface area contributed by atoms with Crippen molar-refractivity contribution in [2.75, 3.05) is 0 Å². The molecule has 4 aromatic rings. The first-order chi connectivity index (χ1) is 12.5. The number of hydrogen-bond donors (Lipinski definition) is 0. The van der Waals surface area contributed by atoms with Gasteiger partial charge < -0.3 is 0 Å². The first-order valence-electron chi connectivity index (χ1n) is 8.58. The predicted octanol–water partition coefficient (Wildman–Crippen LogP) is 4.36. The summed E-state index contributed by atoms with van der Waals surface area (Å²) >= 11 is 3.13. The van der Waals surface area contributed by atoms with E-state index in [9.17, 15) is 4.79 Å². The number of thioether (sulfide) groups is 1. The highest BCUT2D eigenvalue weighted by atomic mass is 32.2. The smallest absolute Gasteiger partial charge is 0.272 e. The molecule has 0 unspecified atom stereocenters. The van der Waals surface area contributed by atoms with E-state index in [2.05, 4.69) is 55.2 Å². The van der Waals surface area contributed by atoms with Gasteiger partial charge in [-0.2, -0.15) is 0 Å². The fourth-order valence-corrected chi connectivity index (χ4v) is 4.68. The van der Waals surface area contributed by atoms with Gasteiger partial charge in [0.15, 0.2) is 5.16 Å². The van der Waals surface area contributed by atoms with Gasteiger partial charge in [0, 0.05) is 12.3 Å². The van der Waals surface area contributed by atoms with Crippen molar-refractivity contribution in [3.8, 4) is 0 Å². The highest BCUT2D eigenvalue weighted by Crippen LogP contribution is 2.26. The molecule has 0 saturated carbocycles. The van der Waals surface area contributed by atoms with Crippen molar-refractivity contribution in [2.24, 2.45) is 5.92 Å². The number of benzene rings is 1. The molecule has 134 valence electrons. The Labute approximate surface area is 159 Å². The number of rotatable bonds is 5. The van der Waals surface area contributed by atoms with E-state index in [4.69, 9.17) is 0 Å². The normalized spacial score (nSPS) is 11.8. The van der Waals surface area contributed by atoms with Crippen LogP contribution in [0.15, 0.2) is 45.7 Å². The summed E-state index contributed by atoms with van der Waals surface area (Å²) in [6.07, 6.45) is 0. The molecule has 0 bridgehead atoms. The number of aryl methyl sites for hydroxylation is 1. The predicted molar refractivity (Wildman–Crippen MR) is 108 cm³/mol. The van der Waals surface area contributed by atoms with Crippen molar-refractivity contribution in [2.45, 2.75) is 38.2 Å². The topological polar surface area (TPSA) is 52.2 Å². The van der Waals surface area contributed by atoms with Crippen molar-refractivity contribution in [1.29, 1.82) is 0 Å². The summed E-state index contributed by atoms with van der Waals surface area (Å²) in [6.45, 7) is 6.93. The van der Waals surface area contributed by atoms with Gasteiger partial charge in [-0.25, -0.2) is 0 Å². The number of thiophene rings is 1. The fourth-order valence-electron chi connectivity index (χ4n) is 2.96. The third-order valence-corrected chi connectivity index (χ3v) is 6.11. The van der Waals surface area contributed by atoms with E-state index in [1.54, 1.807) is 16.3 Å². The maximum absolute atomic E-state index is 12.8. The summed E-state index contributed by atoms with van der Waals surface area (Å²) < 4.78 is 4.54. The Morgan fingerprint density at radius 2 is 1.92 bits per heavy atom. The molecule has 0 aliphatic heterocycles. The first-order valence-corrected chi connectivity index (χ1v) is 10.4. The van der Waals surface area contributed by atoms with Crippen molar-refractivity contribution >= 4 is 39.1 Å². The molecule has 26 heavy (non-hydrogen) atoms. The van der Waals surface area contributed by atoms with E-state index >= 15 is 0 Å². The zero-order chi connectivity index (χ0) is 18.3. The van der Waals surface area contributed by atoms with Gasteiger partial charge >= 0.3 is 0 Å². The molecule has 5 nitrogen and oxygen atoms in total. The molecule has 7 heteroatoms. The molecule has 0 amide bonds. The van der Waals surface area contributed by atoms with E-state index in [1.807, 2.05) is 15.8 Å². The maximum Gasteiger partial charge on any atom is 0.272 e.